The highest BCUT2D eigenvalue weighted by Gasteiger charge is 1.93. The van der Waals surface area contributed by atoms with Crippen LogP contribution in [0.5, 0.6) is 0 Å². The third kappa shape index (κ3) is 2.17. The molecule has 2 heteroatoms. The first-order valence-corrected chi connectivity index (χ1v) is 5.91. The Balaban J connectivity index is 3.04. The van der Waals surface area contributed by atoms with Gasteiger partial charge in [0.05, 0.1) is 0 Å². The summed E-state index contributed by atoms with van der Waals surface area (Å²) in [5.41, 5.74) is 2.90. The van der Waals surface area contributed by atoms with Gasteiger partial charge in [0.2, 0.25) is 0 Å². The molecule has 1 rings (SSSR count). The van der Waals surface area contributed by atoms with Gasteiger partial charge in [-0.05, 0) is 12.5 Å². The fourth-order valence-electron chi connectivity index (χ4n) is 0.977. The summed E-state index contributed by atoms with van der Waals surface area (Å²) in [5.74, 6) is 0. The van der Waals surface area contributed by atoms with Crippen molar-refractivity contribution in [2.45, 2.75) is 6.92 Å². The number of rotatable bonds is 1. The zero-order chi connectivity index (χ0) is 8.27. The van der Waals surface area contributed by atoms with E-state index in [-0.39, 0.29) is 0 Å². The van der Waals surface area contributed by atoms with E-state index in [2.05, 4.69) is 37.3 Å². The summed E-state index contributed by atoms with van der Waals surface area (Å²) >= 11 is 0. The first kappa shape index (κ1) is 8.49. The Kier molecular flexibility index (Phi) is 2.85. The zero-order valence-corrected chi connectivity index (χ0v) is 11.4. The molecule has 0 bridgehead atoms. The summed E-state index contributed by atoms with van der Waals surface area (Å²) in [6.07, 6.45) is 0. The lowest BCUT2D eigenvalue weighted by molar-refractivity contribution is 1.57. The molecule has 0 radical (unpaired) electrons. The van der Waals surface area contributed by atoms with Crippen molar-refractivity contribution in [3.63, 3.8) is 0 Å². The van der Waals surface area contributed by atoms with Crippen LogP contribution in [0.3, 0.4) is 0 Å². The highest BCUT2D eigenvalue weighted by atomic mass is 28.2. The molecule has 0 N–H and O–H groups in total. The molecule has 0 spiro atoms. The molecule has 58 valence electrons. The van der Waals surface area contributed by atoms with Gasteiger partial charge in [-0.25, -0.2) is 0 Å². The molecule has 0 aliphatic rings. The van der Waals surface area contributed by atoms with E-state index in [1.165, 1.54) is 31.6 Å². The van der Waals surface area contributed by atoms with E-state index in [4.69, 9.17) is 0 Å². The molecular weight excluding hydrogens is 164 g/mol. The van der Waals surface area contributed by atoms with E-state index in [0.717, 1.165) is 0 Å². The van der Waals surface area contributed by atoms with Gasteiger partial charge in [0, 0.05) is 20.5 Å². The van der Waals surface area contributed by atoms with Crippen molar-refractivity contribution in [1.29, 1.82) is 0 Å². The van der Waals surface area contributed by atoms with Crippen molar-refractivity contribution in [2.75, 3.05) is 0 Å². The van der Waals surface area contributed by atoms with Gasteiger partial charge < -0.3 is 0 Å². The Morgan fingerprint density at radius 2 is 1.64 bits per heavy atom. The third-order valence-corrected chi connectivity index (χ3v) is 3.46. The van der Waals surface area contributed by atoms with Crippen LogP contribution in [-0.2, 0) is 0 Å². The lowest BCUT2D eigenvalue weighted by Crippen LogP contribution is -1.86. The minimum Gasteiger partial charge on any atom is -0.107 e. The van der Waals surface area contributed by atoms with Crippen molar-refractivity contribution in [3.8, 4) is 0 Å². The molecule has 1 aromatic rings. The lowest BCUT2D eigenvalue weighted by atomic mass is 10.1. The van der Waals surface area contributed by atoms with Crippen LogP contribution in [0.2, 0.25) is 0 Å². The second-order valence-corrected chi connectivity index (χ2v) is 7.99. The van der Waals surface area contributed by atoms with Crippen LogP contribution in [0.15, 0.2) is 35.2 Å². The summed E-state index contributed by atoms with van der Waals surface area (Å²) < 4.78 is 0. The molecule has 0 saturated heterocycles. The van der Waals surface area contributed by atoms with E-state index >= 15 is 0 Å². The van der Waals surface area contributed by atoms with Gasteiger partial charge in [-0.1, -0.05) is 35.9 Å². The minimum absolute atomic E-state index is 1.23. The molecule has 0 unspecified atom stereocenters. The van der Waals surface area contributed by atoms with E-state index < -0.39 is 0 Å². The number of allylic oxidation sites excluding steroid dienone is 1. The Morgan fingerprint density at radius 1 is 1.09 bits per heavy atom. The molecule has 0 aliphatic heterocycles. The Hall–Kier alpha value is -0.606. The van der Waals surface area contributed by atoms with Crippen molar-refractivity contribution in [3.05, 3.63) is 40.7 Å². The number of hydrogen-bond donors (Lipinski definition) is 0. The second kappa shape index (κ2) is 3.69. The summed E-state index contributed by atoms with van der Waals surface area (Å²) in [6, 6.07) is 10.6. The predicted molar refractivity (Wildman–Crippen MR) is 58.9 cm³/mol. The molecule has 0 fully saturated rings. The number of hydrogen-bond acceptors (Lipinski definition) is 0. The second-order valence-electron chi connectivity index (χ2n) is 2.99. The lowest BCUT2D eigenvalue weighted by Gasteiger charge is -2.02. The average Bonchev–Trinajstić information content (AvgIpc) is 2.05. The summed E-state index contributed by atoms with van der Waals surface area (Å²) in [4.78, 5) is 1.66. The predicted octanol–water partition coefficient (Wildman–Crippen LogP) is 0.106. The summed E-state index contributed by atoms with van der Waals surface area (Å²) in [6.45, 7) is 2.23. The van der Waals surface area contributed by atoms with Crippen LogP contribution in [-0.4, -0.2) is 20.5 Å². The van der Waals surface area contributed by atoms with Crippen LogP contribution < -0.4 is 0 Å². The molecular formula is C9H14Si2. The Bertz CT molecular complexity index is 258. The first-order chi connectivity index (χ1) is 5.22. The largest absolute Gasteiger partial charge is 0.107 e. The van der Waals surface area contributed by atoms with Gasteiger partial charge in [0.1, 0.15) is 0 Å². The summed E-state index contributed by atoms with van der Waals surface area (Å²) in [5, 5.41) is 0. The van der Waals surface area contributed by atoms with Crippen molar-refractivity contribution in [1.82, 2.24) is 0 Å². The first-order valence-electron chi connectivity index (χ1n) is 3.91. The quantitative estimate of drug-likeness (QED) is 0.535. The van der Waals surface area contributed by atoms with Crippen LogP contribution >= 0.6 is 0 Å². The number of benzene rings is 1. The summed E-state index contributed by atoms with van der Waals surface area (Å²) in [7, 11) is 2.46. The highest BCUT2D eigenvalue weighted by molar-refractivity contribution is 6.51. The van der Waals surface area contributed by atoms with E-state index in [0.29, 0.717) is 0 Å². The van der Waals surface area contributed by atoms with Crippen molar-refractivity contribution < 1.29 is 0 Å². The molecule has 1 aromatic carbocycles. The molecule has 0 amide bonds. The zero-order valence-electron chi connectivity index (χ0n) is 7.39. The van der Waals surface area contributed by atoms with Crippen molar-refractivity contribution >= 4 is 26.1 Å². The Morgan fingerprint density at radius 3 is 2.09 bits per heavy atom. The van der Waals surface area contributed by atoms with Gasteiger partial charge in [-0.2, -0.15) is 0 Å². The SMILES string of the molecule is CC(=C([SiH3])[SiH3])c1ccccc1. The van der Waals surface area contributed by atoms with Gasteiger partial charge >= 0.3 is 0 Å². The Labute approximate surface area is 74.2 Å². The monoisotopic (exact) mass is 178 g/mol. The normalized spacial score (nSPS) is 9.91. The fraction of sp³-hybridized carbons (Fsp3) is 0.111. The molecule has 0 aromatic heterocycles. The van der Waals surface area contributed by atoms with Crippen LogP contribution in [0.1, 0.15) is 12.5 Å². The van der Waals surface area contributed by atoms with Gasteiger partial charge in [-0.3, -0.25) is 0 Å². The fourth-order valence-corrected chi connectivity index (χ4v) is 1.55. The maximum absolute atomic E-state index is 2.23. The topological polar surface area (TPSA) is 0 Å². The maximum Gasteiger partial charge on any atom is 0.0275 e. The molecule has 0 saturated carbocycles. The molecule has 0 nitrogen and oxygen atoms in total. The standard InChI is InChI=1S/C9H14Si2/c1-7(9(10)11)8-5-3-2-4-6-8/h2-6H,1,10-11H3. The molecule has 0 heterocycles. The average molecular weight is 178 g/mol. The van der Waals surface area contributed by atoms with Gasteiger partial charge in [0.25, 0.3) is 0 Å². The van der Waals surface area contributed by atoms with Crippen molar-refractivity contribution in [2.24, 2.45) is 0 Å². The smallest absolute Gasteiger partial charge is 0.0275 e. The molecule has 11 heavy (non-hydrogen) atoms. The van der Waals surface area contributed by atoms with E-state index in [1.54, 1.807) is 4.82 Å². The van der Waals surface area contributed by atoms with Crippen LogP contribution in [0, 0.1) is 0 Å². The van der Waals surface area contributed by atoms with Gasteiger partial charge in [0.15, 0.2) is 0 Å². The van der Waals surface area contributed by atoms with Crippen LogP contribution in [0.4, 0.5) is 0 Å². The third-order valence-electron chi connectivity index (χ3n) is 1.96. The maximum atomic E-state index is 2.23. The van der Waals surface area contributed by atoms with Crippen LogP contribution in [0.25, 0.3) is 5.57 Å². The minimum atomic E-state index is 1.23. The highest BCUT2D eigenvalue weighted by Crippen LogP contribution is 2.13. The van der Waals surface area contributed by atoms with E-state index in [9.17, 15) is 0 Å². The van der Waals surface area contributed by atoms with E-state index in [1.807, 2.05) is 0 Å². The van der Waals surface area contributed by atoms with Gasteiger partial charge in [-0.15, -0.1) is 4.82 Å². The molecule has 0 atom stereocenters. The molecule has 0 aliphatic carbocycles.